The summed E-state index contributed by atoms with van der Waals surface area (Å²) in [5.41, 5.74) is 1.34. The van der Waals surface area contributed by atoms with Gasteiger partial charge in [-0.1, -0.05) is 30.3 Å². The molecule has 3 saturated heterocycles. The van der Waals surface area contributed by atoms with Gasteiger partial charge in [-0.15, -0.1) is 0 Å². The maximum absolute atomic E-state index is 12.6. The van der Waals surface area contributed by atoms with Gasteiger partial charge in [0.05, 0.1) is 0 Å². The zero-order chi connectivity index (χ0) is 17.8. The molecule has 3 aliphatic heterocycles. The quantitative estimate of drug-likeness (QED) is 0.821. The highest BCUT2D eigenvalue weighted by molar-refractivity contribution is 5.83. The van der Waals surface area contributed by atoms with Crippen LogP contribution in [0.2, 0.25) is 0 Å². The third kappa shape index (κ3) is 4.60. The maximum Gasteiger partial charge on any atom is 0.223 e. The van der Waals surface area contributed by atoms with E-state index in [4.69, 9.17) is 0 Å². The topological polar surface area (TPSA) is 43.9 Å². The molecule has 0 radical (unpaired) electrons. The van der Waals surface area contributed by atoms with Crippen LogP contribution < -0.4 is 0 Å². The fourth-order valence-corrected chi connectivity index (χ4v) is 3.99. The van der Waals surface area contributed by atoms with E-state index in [-0.39, 0.29) is 11.8 Å². The van der Waals surface area contributed by atoms with E-state index in [0.29, 0.717) is 24.8 Å². The third-order valence-electron chi connectivity index (χ3n) is 5.46. The van der Waals surface area contributed by atoms with Crippen molar-refractivity contribution in [3.8, 4) is 0 Å². The van der Waals surface area contributed by atoms with Gasteiger partial charge in [-0.25, -0.2) is 0 Å². The van der Waals surface area contributed by atoms with Crippen LogP contribution >= 0.6 is 0 Å². The normalized spacial score (nSPS) is 23.4. The molecular formula is C20H29N3O2. The molecule has 1 aromatic carbocycles. The molecular weight excluding hydrogens is 314 g/mol. The number of carbonyl (C=O) groups excluding carboxylic acids is 2. The van der Waals surface area contributed by atoms with Crippen molar-refractivity contribution in [1.29, 1.82) is 0 Å². The minimum atomic E-state index is 0.0249. The van der Waals surface area contributed by atoms with Gasteiger partial charge in [0.15, 0.2) is 0 Å². The Labute approximate surface area is 150 Å². The van der Waals surface area contributed by atoms with Crippen LogP contribution in [0.3, 0.4) is 0 Å². The fraction of sp³-hybridized carbons (Fsp3) is 0.600. The molecule has 1 aromatic rings. The van der Waals surface area contributed by atoms with Crippen LogP contribution in [-0.4, -0.2) is 66.3 Å². The van der Waals surface area contributed by atoms with Crippen molar-refractivity contribution in [1.82, 2.24) is 14.7 Å². The molecule has 0 aliphatic carbocycles. The zero-order valence-electron chi connectivity index (χ0n) is 15.4. The maximum atomic E-state index is 12.6. The average molecular weight is 343 g/mol. The van der Waals surface area contributed by atoms with Gasteiger partial charge < -0.3 is 9.80 Å². The average Bonchev–Trinajstić information content (AvgIpc) is 2.92. The van der Waals surface area contributed by atoms with E-state index in [1.807, 2.05) is 11.0 Å². The second-order valence-electron chi connectivity index (χ2n) is 7.60. The minimum absolute atomic E-state index is 0.0249. The van der Waals surface area contributed by atoms with Crippen molar-refractivity contribution >= 4 is 11.8 Å². The van der Waals surface area contributed by atoms with Gasteiger partial charge in [0, 0.05) is 59.2 Å². The van der Waals surface area contributed by atoms with E-state index < -0.39 is 0 Å². The second-order valence-corrected chi connectivity index (χ2v) is 7.60. The Morgan fingerprint density at radius 2 is 1.80 bits per heavy atom. The summed E-state index contributed by atoms with van der Waals surface area (Å²) in [6.45, 7) is 3.68. The molecule has 0 unspecified atom stereocenters. The van der Waals surface area contributed by atoms with E-state index in [2.05, 4.69) is 29.2 Å². The lowest BCUT2D eigenvalue weighted by atomic mass is 9.94. The number of amides is 2. The molecule has 3 aliphatic rings. The lowest BCUT2D eigenvalue weighted by molar-refractivity contribution is -0.136. The number of carbonyl (C=O) groups is 2. The van der Waals surface area contributed by atoms with Crippen molar-refractivity contribution < 1.29 is 9.59 Å². The highest BCUT2D eigenvalue weighted by atomic mass is 16.2. The summed E-state index contributed by atoms with van der Waals surface area (Å²) in [6, 6.07) is 11.0. The van der Waals surface area contributed by atoms with Crippen LogP contribution in [0.5, 0.6) is 0 Å². The van der Waals surface area contributed by atoms with Crippen LogP contribution in [0.4, 0.5) is 0 Å². The molecule has 0 spiro atoms. The van der Waals surface area contributed by atoms with Gasteiger partial charge in [-0.2, -0.15) is 0 Å². The molecule has 25 heavy (non-hydrogen) atoms. The Morgan fingerprint density at radius 1 is 1.04 bits per heavy atom. The summed E-state index contributed by atoms with van der Waals surface area (Å²) in [6.07, 6.45) is 3.01. The first kappa shape index (κ1) is 17.9. The molecule has 2 amide bonds. The Hall–Kier alpha value is -1.88. The van der Waals surface area contributed by atoms with Gasteiger partial charge in [0.25, 0.3) is 0 Å². The van der Waals surface area contributed by atoms with E-state index in [1.54, 1.807) is 19.0 Å². The van der Waals surface area contributed by atoms with Crippen LogP contribution in [-0.2, 0) is 16.1 Å². The highest BCUT2D eigenvalue weighted by Gasteiger charge is 2.36. The molecule has 3 fully saturated rings. The number of piperidine rings is 1. The minimum Gasteiger partial charge on any atom is -0.349 e. The van der Waals surface area contributed by atoms with Gasteiger partial charge in [-0.3, -0.25) is 14.5 Å². The number of nitrogens with zero attached hydrogens (tertiary/aromatic N) is 3. The predicted octanol–water partition coefficient (Wildman–Crippen LogP) is 1.98. The molecule has 2 bridgehead atoms. The first-order valence-corrected chi connectivity index (χ1v) is 9.29. The van der Waals surface area contributed by atoms with Crippen LogP contribution in [0.1, 0.15) is 31.2 Å². The fourth-order valence-electron chi connectivity index (χ4n) is 3.99. The van der Waals surface area contributed by atoms with Crippen molar-refractivity contribution in [2.75, 3.05) is 33.7 Å². The summed E-state index contributed by atoms with van der Waals surface area (Å²) in [5.74, 6) is 0.710. The van der Waals surface area contributed by atoms with Crippen molar-refractivity contribution in [3.05, 3.63) is 35.9 Å². The second kappa shape index (κ2) is 8.00. The Balaban J connectivity index is 1.59. The van der Waals surface area contributed by atoms with Gasteiger partial charge in [0.2, 0.25) is 11.8 Å². The number of benzene rings is 1. The van der Waals surface area contributed by atoms with Gasteiger partial charge >= 0.3 is 0 Å². The van der Waals surface area contributed by atoms with E-state index in [0.717, 1.165) is 32.6 Å². The number of rotatable bonds is 5. The van der Waals surface area contributed by atoms with Crippen molar-refractivity contribution in [2.45, 2.75) is 38.3 Å². The van der Waals surface area contributed by atoms with Gasteiger partial charge in [0.1, 0.15) is 0 Å². The SMILES string of the molecule is CN(C)C(=O)CCC(=O)N1C[C@H]2CC[C@@H](C1)N(Cc1ccccc1)C2. The van der Waals surface area contributed by atoms with E-state index in [1.165, 1.54) is 12.0 Å². The largest absolute Gasteiger partial charge is 0.349 e. The first-order chi connectivity index (χ1) is 12.0. The summed E-state index contributed by atoms with van der Waals surface area (Å²) in [4.78, 5) is 30.4. The Morgan fingerprint density at radius 3 is 2.52 bits per heavy atom. The molecule has 0 N–H and O–H groups in total. The van der Waals surface area contributed by atoms with Crippen LogP contribution in [0, 0.1) is 5.92 Å². The third-order valence-corrected chi connectivity index (χ3v) is 5.46. The number of hydrogen-bond acceptors (Lipinski definition) is 3. The molecule has 4 rings (SSSR count). The summed E-state index contributed by atoms with van der Waals surface area (Å²) < 4.78 is 0. The molecule has 2 atom stereocenters. The summed E-state index contributed by atoms with van der Waals surface area (Å²) in [5, 5.41) is 0. The zero-order valence-corrected chi connectivity index (χ0v) is 15.4. The lowest BCUT2D eigenvalue weighted by Crippen LogP contribution is -2.44. The smallest absolute Gasteiger partial charge is 0.223 e. The van der Waals surface area contributed by atoms with Crippen molar-refractivity contribution in [2.24, 2.45) is 5.92 Å². The molecule has 5 nitrogen and oxygen atoms in total. The standard InChI is InChI=1S/C20H29N3O2/c1-21(2)19(24)10-11-20(25)23-14-17-8-9-18(15-23)22(13-17)12-16-6-4-3-5-7-16/h3-7,17-18H,8-15H2,1-2H3/t17-,18-/m0/s1. The van der Waals surface area contributed by atoms with Gasteiger partial charge in [-0.05, 0) is 24.3 Å². The van der Waals surface area contributed by atoms with Crippen molar-refractivity contribution in [3.63, 3.8) is 0 Å². The molecule has 0 saturated carbocycles. The number of hydrogen-bond donors (Lipinski definition) is 0. The first-order valence-electron chi connectivity index (χ1n) is 9.29. The number of fused-ring (bicyclic) bond motifs is 4. The summed E-state index contributed by atoms with van der Waals surface area (Å²) in [7, 11) is 3.47. The molecule has 0 aromatic heterocycles. The monoisotopic (exact) mass is 343 g/mol. The van der Waals surface area contributed by atoms with Crippen LogP contribution in [0.25, 0.3) is 0 Å². The lowest BCUT2D eigenvalue weighted by Gasteiger charge is -2.36. The molecule has 136 valence electrons. The Kier molecular flexibility index (Phi) is 5.74. The van der Waals surface area contributed by atoms with E-state index >= 15 is 0 Å². The highest BCUT2D eigenvalue weighted by Crippen LogP contribution is 2.29. The van der Waals surface area contributed by atoms with E-state index in [9.17, 15) is 9.59 Å². The predicted molar refractivity (Wildman–Crippen MR) is 97.9 cm³/mol. The van der Waals surface area contributed by atoms with Crippen LogP contribution in [0.15, 0.2) is 30.3 Å². The molecule has 5 heteroatoms. The molecule has 3 heterocycles. The summed E-state index contributed by atoms with van der Waals surface area (Å²) >= 11 is 0. The Bertz CT molecular complexity index is 602.